The van der Waals surface area contributed by atoms with Gasteiger partial charge < -0.3 is 16.0 Å². The highest BCUT2D eigenvalue weighted by Crippen LogP contribution is 2.36. The van der Waals surface area contributed by atoms with Gasteiger partial charge in [0.2, 0.25) is 21.9 Å². The van der Waals surface area contributed by atoms with Crippen molar-refractivity contribution in [2.45, 2.75) is 26.1 Å². The summed E-state index contributed by atoms with van der Waals surface area (Å²) in [4.78, 5) is 19.4. The van der Waals surface area contributed by atoms with E-state index in [4.69, 9.17) is 0 Å². The van der Waals surface area contributed by atoms with E-state index in [9.17, 15) is 30.8 Å². The topological polar surface area (TPSA) is 125 Å². The Morgan fingerprint density at radius 3 is 2.56 bits per heavy atom. The fraction of sp³-hybridized carbons (Fsp3) is 0.227. The van der Waals surface area contributed by atoms with Gasteiger partial charge in [0.1, 0.15) is 17.2 Å². The van der Waals surface area contributed by atoms with Crippen LogP contribution in [0.15, 0.2) is 42.6 Å². The predicted molar refractivity (Wildman–Crippen MR) is 126 cm³/mol. The first-order valence-corrected chi connectivity index (χ1v) is 12.3. The molecule has 3 aromatic rings. The molecule has 0 atom stereocenters. The fourth-order valence-electron chi connectivity index (χ4n) is 3.52. The monoisotopic (exact) mass is 524 g/mol. The van der Waals surface area contributed by atoms with Crippen LogP contribution in [0.2, 0.25) is 0 Å². The first-order chi connectivity index (χ1) is 17.0. The lowest BCUT2D eigenvalue weighted by Crippen LogP contribution is -2.18. The standard InChI is InChI=1S/C22H20F4N6O3S/c1-2-36(34,35)32-18-8-3-5-15(23)13(18)10-27-20-14(22(24,25)26)11-28-21(31-20)30-17-7-4-6-16-12(17)9-19(33)29-16/h3-8,11,32H,2,9-10H2,1H3,(H,29,33)(H2,27,28,30,31). The lowest BCUT2D eigenvalue weighted by Gasteiger charge is -2.17. The highest BCUT2D eigenvalue weighted by Gasteiger charge is 2.35. The Labute approximate surface area is 203 Å². The van der Waals surface area contributed by atoms with E-state index < -0.39 is 39.9 Å². The number of hydrogen-bond acceptors (Lipinski definition) is 7. The van der Waals surface area contributed by atoms with Crippen LogP contribution in [0.1, 0.15) is 23.6 Å². The summed E-state index contributed by atoms with van der Waals surface area (Å²) in [5.41, 5.74) is 0.109. The zero-order valence-electron chi connectivity index (χ0n) is 18.7. The van der Waals surface area contributed by atoms with E-state index in [1.807, 2.05) is 0 Å². The molecule has 1 amide bonds. The van der Waals surface area contributed by atoms with Gasteiger partial charge in [0.25, 0.3) is 0 Å². The van der Waals surface area contributed by atoms with Crippen molar-refractivity contribution in [2.75, 3.05) is 26.4 Å². The maximum Gasteiger partial charge on any atom is 0.421 e. The third kappa shape index (κ3) is 5.48. The molecule has 0 fully saturated rings. The first kappa shape index (κ1) is 25.2. The number of sulfonamides is 1. The van der Waals surface area contributed by atoms with Gasteiger partial charge in [0, 0.05) is 35.2 Å². The van der Waals surface area contributed by atoms with Crippen molar-refractivity contribution in [3.05, 3.63) is 65.1 Å². The predicted octanol–water partition coefficient (Wildman–Crippen LogP) is 4.25. The molecule has 0 radical (unpaired) electrons. The molecular weight excluding hydrogens is 504 g/mol. The molecule has 1 aliphatic heterocycles. The maximum absolute atomic E-state index is 14.5. The molecule has 0 spiro atoms. The second kappa shape index (κ2) is 9.60. The van der Waals surface area contributed by atoms with E-state index in [1.54, 1.807) is 18.2 Å². The molecule has 4 N–H and O–H groups in total. The number of hydrogen-bond donors (Lipinski definition) is 4. The molecule has 2 heterocycles. The number of rotatable bonds is 8. The zero-order chi connectivity index (χ0) is 26.1. The fourth-order valence-corrected chi connectivity index (χ4v) is 4.19. The van der Waals surface area contributed by atoms with Crippen molar-refractivity contribution in [1.29, 1.82) is 0 Å². The highest BCUT2D eigenvalue weighted by molar-refractivity contribution is 7.92. The number of alkyl halides is 3. The van der Waals surface area contributed by atoms with Crippen molar-refractivity contribution in [1.82, 2.24) is 9.97 Å². The van der Waals surface area contributed by atoms with Gasteiger partial charge in [-0.15, -0.1) is 0 Å². The highest BCUT2D eigenvalue weighted by atomic mass is 32.2. The molecule has 0 saturated carbocycles. The van der Waals surface area contributed by atoms with E-state index >= 15 is 0 Å². The van der Waals surface area contributed by atoms with Crippen LogP contribution in [0, 0.1) is 5.82 Å². The van der Waals surface area contributed by atoms with Crippen LogP contribution >= 0.6 is 0 Å². The van der Waals surface area contributed by atoms with Gasteiger partial charge in [0.05, 0.1) is 17.9 Å². The van der Waals surface area contributed by atoms with Gasteiger partial charge in [-0.1, -0.05) is 12.1 Å². The van der Waals surface area contributed by atoms with Crippen LogP contribution in [0.3, 0.4) is 0 Å². The lowest BCUT2D eigenvalue weighted by molar-refractivity contribution is -0.137. The summed E-state index contributed by atoms with van der Waals surface area (Å²) in [5, 5.41) is 7.94. The molecule has 36 heavy (non-hydrogen) atoms. The summed E-state index contributed by atoms with van der Waals surface area (Å²) in [5.74, 6) is -2.17. The number of amides is 1. The summed E-state index contributed by atoms with van der Waals surface area (Å²) in [7, 11) is -3.77. The number of nitrogens with one attached hydrogen (secondary N) is 4. The average Bonchev–Trinajstić information content (AvgIpc) is 3.19. The molecule has 1 aliphatic rings. The van der Waals surface area contributed by atoms with Gasteiger partial charge in [-0.2, -0.15) is 18.2 Å². The van der Waals surface area contributed by atoms with Crippen LogP contribution in [0.4, 0.5) is 46.4 Å². The van der Waals surface area contributed by atoms with Crippen molar-refractivity contribution < 1.29 is 30.8 Å². The molecule has 0 bridgehead atoms. The molecular formula is C22H20F4N6O3S. The molecule has 1 aromatic heterocycles. The Hall–Kier alpha value is -3.94. The Morgan fingerprint density at radius 1 is 1.11 bits per heavy atom. The van der Waals surface area contributed by atoms with Crippen LogP contribution in [-0.4, -0.2) is 30.0 Å². The van der Waals surface area contributed by atoms with E-state index in [1.165, 1.54) is 19.1 Å². The average molecular weight is 525 g/mol. The second-order valence-corrected chi connectivity index (χ2v) is 9.77. The molecule has 0 aliphatic carbocycles. The van der Waals surface area contributed by atoms with Crippen molar-refractivity contribution in [2.24, 2.45) is 0 Å². The molecule has 190 valence electrons. The van der Waals surface area contributed by atoms with Crippen LogP contribution in [0.25, 0.3) is 0 Å². The van der Waals surface area contributed by atoms with Crippen molar-refractivity contribution in [3.63, 3.8) is 0 Å². The maximum atomic E-state index is 14.5. The second-order valence-electron chi connectivity index (χ2n) is 7.76. The van der Waals surface area contributed by atoms with Gasteiger partial charge in [-0.3, -0.25) is 9.52 Å². The van der Waals surface area contributed by atoms with E-state index in [2.05, 4.69) is 30.6 Å². The third-order valence-corrected chi connectivity index (χ3v) is 6.62. The molecule has 2 aromatic carbocycles. The molecule has 9 nitrogen and oxygen atoms in total. The molecule has 4 rings (SSSR count). The first-order valence-electron chi connectivity index (χ1n) is 10.6. The molecule has 0 unspecified atom stereocenters. The number of fused-ring (bicyclic) bond motifs is 1. The minimum atomic E-state index is -4.83. The van der Waals surface area contributed by atoms with Gasteiger partial charge in [0.15, 0.2) is 0 Å². The lowest BCUT2D eigenvalue weighted by atomic mass is 10.1. The molecule has 14 heteroatoms. The zero-order valence-corrected chi connectivity index (χ0v) is 19.5. The Bertz CT molecular complexity index is 1430. The smallest absolute Gasteiger partial charge is 0.365 e. The summed E-state index contributed by atoms with van der Waals surface area (Å²) >= 11 is 0. The normalized spacial score (nSPS) is 13.2. The van der Waals surface area contributed by atoms with Crippen LogP contribution in [-0.2, 0) is 34.0 Å². The number of benzene rings is 2. The summed E-state index contributed by atoms with van der Waals surface area (Å²) < 4.78 is 81.5. The summed E-state index contributed by atoms with van der Waals surface area (Å²) in [6.07, 6.45) is -4.17. The Morgan fingerprint density at radius 2 is 1.83 bits per heavy atom. The SMILES string of the molecule is CCS(=O)(=O)Nc1cccc(F)c1CNc1nc(Nc2cccc3c2CC(=O)N3)ncc1C(F)(F)F. The largest absolute Gasteiger partial charge is 0.421 e. The number of carbonyl (C=O) groups is 1. The number of nitrogens with zero attached hydrogens (tertiary/aromatic N) is 2. The van der Waals surface area contributed by atoms with Crippen molar-refractivity contribution >= 4 is 44.8 Å². The minimum Gasteiger partial charge on any atom is -0.365 e. The van der Waals surface area contributed by atoms with Crippen LogP contribution < -0.4 is 20.7 Å². The Balaban J connectivity index is 1.65. The van der Waals surface area contributed by atoms with Crippen LogP contribution in [0.5, 0.6) is 0 Å². The van der Waals surface area contributed by atoms with Gasteiger partial charge in [-0.05, 0) is 31.2 Å². The van der Waals surface area contributed by atoms with Gasteiger partial charge >= 0.3 is 6.18 Å². The third-order valence-electron chi connectivity index (χ3n) is 5.33. The number of anilines is 5. The minimum absolute atomic E-state index is 0.0774. The summed E-state index contributed by atoms with van der Waals surface area (Å²) in [6.45, 7) is 0.881. The quantitative estimate of drug-likeness (QED) is 0.325. The Kier molecular flexibility index (Phi) is 6.71. The van der Waals surface area contributed by atoms with Crippen molar-refractivity contribution in [3.8, 4) is 0 Å². The van der Waals surface area contributed by atoms with E-state index in [-0.39, 0.29) is 35.3 Å². The van der Waals surface area contributed by atoms with E-state index in [0.717, 1.165) is 6.07 Å². The number of aromatic nitrogens is 2. The van der Waals surface area contributed by atoms with Gasteiger partial charge in [-0.25, -0.2) is 17.8 Å². The summed E-state index contributed by atoms with van der Waals surface area (Å²) in [6, 6.07) is 8.59. The number of carbonyl (C=O) groups excluding carboxylic acids is 1. The van der Waals surface area contributed by atoms with E-state index in [0.29, 0.717) is 23.1 Å². The molecule has 0 saturated heterocycles. The number of halogens is 4.